The first-order valence-electron chi connectivity index (χ1n) is 5.25. The van der Waals surface area contributed by atoms with E-state index in [0.29, 0.717) is 10.6 Å². The van der Waals surface area contributed by atoms with Gasteiger partial charge in [-0.25, -0.2) is 0 Å². The molecule has 1 aromatic heterocycles. The number of carbonyl (C=O) groups excluding carboxylic acids is 1. The highest BCUT2D eigenvalue weighted by Crippen LogP contribution is 2.35. The smallest absolute Gasteiger partial charge is 0.289 e. The van der Waals surface area contributed by atoms with Crippen molar-refractivity contribution in [1.82, 2.24) is 0 Å². The van der Waals surface area contributed by atoms with Crippen LogP contribution in [0.4, 0.5) is 13.2 Å². The van der Waals surface area contributed by atoms with Gasteiger partial charge < -0.3 is 0 Å². The Bertz CT molecular complexity index is 631. The zero-order valence-electron chi connectivity index (χ0n) is 9.72. The van der Waals surface area contributed by atoms with Gasteiger partial charge in [-0.2, -0.15) is 24.5 Å². The van der Waals surface area contributed by atoms with Crippen LogP contribution in [0.5, 0.6) is 0 Å². The normalized spacial score (nSPS) is 11.6. The van der Waals surface area contributed by atoms with Crippen molar-refractivity contribution in [3.05, 3.63) is 56.2 Å². The van der Waals surface area contributed by atoms with Crippen LogP contribution < -0.4 is 0 Å². The van der Waals surface area contributed by atoms with Gasteiger partial charge in [0.25, 0.3) is 0 Å². The number of carbonyl (C=O) groups is 1. The number of alkyl halides is 3. The summed E-state index contributed by atoms with van der Waals surface area (Å²) in [7, 11) is 0. The molecule has 1 heterocycles. The molecule has 2 aromatic rings. The van der Waals surface area contributed by atoms with Crippen molar-refractivity contribution in [3.63, 3.8) is 0 Å². The Hall–Kier alpha value is -1.33. The summed E-state index contributed by atoms with van der Waals surface area (Å²) < 4.78 is 38.3. The number of hydrogen-bond acceptors (Lipinski definition) is 2. The van der Waals surface area contributed by atoms with Crippen LogP contribution in [0.2, 0.25) is 5.02 Å². The SMILES string of the molecule is Cc1c(Cl)cccc1C(=O)c1cscc1C(F)(F)F. The monoisotopic (exact) mass is 304 g/mol. The van der Waals surface area contributed by atoms with Gasteiger partial charge in [-0.1, -0.05) is 23.7 Å². The standard InChI is InChI=1S/C13H8ClF3OS/c1-7-8(3-2-4-11(7)14)12(18)9-5-19-6-10(9)13(15,16)17/h2-6H,1H3. The van der Waals surface area contributed by atoms with Crippen LogP contribution in [0.25, 0.3) is 0 Å². The van der Waals surface area contributed by atoms with Crippen LogP contribution in [-0.2, 0) is 6.18 Å². The van der Waals surface area contributed by atoms with Crippen molar-refractivity contribution >= 4 is 28.7 Å². The lowest BCUT2D eigenvalue weighted by Crippen LogP contribution is -2.12. The zero-order chi connectivity index (χ0) is 14.2. The van der Waals surface area contributed by atoms with Gasteiger partial charge >= 0.3 is 6.18 Å². The minimum atomic E-state index is -4.53. The molecule has 0 fully saturated rings. The van der Waals surface area contributed by atoms with E-state index in [1.165, 1.54) is 11.4 Å². The molecular formula is C13H8ClF3OS. The average Bonchev–Trinajstić information content (AvgIpc) is 2.80. The first-order valence-corrected chi connectivity index (χ1v) is 6.57. The van der Waals surface area contributed by atoms with Gasteiger partial charge in [-0.15, -0.1) is 0 Å². The largest absolute Gasteiger partial charge is 0.417 e. The highest BCUT2D eigenvalue weighted by atomic mass is 35.5. The predicted octanol–water partition coefficient (Wildman–Crippen LogP) is 4.96. The molecule has 0 aliphatic rings. The van der Waals surface area contributed by atoms with E-state index in [2.05, 4.69) is 0 Å². The molecule has 100 valence electrons. The Morgan fingerprint density at radius 3 is 2.53 bits per heavy atom. The van der Waals surface area contributed by atoms with Crippen molar-refractivity contribution in [3.8, 4) is 0 Å². The number of rotatable bonds is 2. The van der Waals surface area contributed by atoms with Crippen LogP contribution in [-0.4, -0.2) is 5.78 Å². The fourth-order valence-electron chi connectivity index (χ4n) is 1.69. The molecule has 0 radical (unpaired) electrons. The van der Waals surface area contributed by atoms with Crippen LogP contribution in [0, 0.1) is 6.92 Å². The molecule has 0 aliphatic carbocycles. The summed E-state index contributed by atoms with van der Waals surface area (Å²) in [5.74, 6) is -0.659. The van der Waals surface area contributed by atoms with Crippen LogP contribution in [0.15, 0.2) is 29.0 Å². The van der Waals surface area contributed by atoms with E-state index in [1.807, 2.05) is 0 Å². The van der Waals surface area contributed by atoms with Crippen molar-refractivity contribution in [2.24, 2.45) is 0 Å². The summed E-state index contributed by atoms with van der Waals surface area (Å²) >= 11 is 6.73. The highest BCUT2D eigenvalue weighted by molar-refractivity contribution is 7.08. The molecule has 0 spiro atoms. The number of ketones is 1. The lowest BCUT2D eigenvalue weighted by atomic mass is 9.98. The topological polar surface area (TPSA) is 17.1 Å². The van der Waals surface area contributed by atoms with E-state index >= 15 is 0 Å². The first-order chi connectivity index (χ1) is 8.82. The molecule has 6 heteroatoms. The van der Waals surface area contributed by atoms with E-state index in [9.17, 15) is 18.0 Å². The molecule has 0 N–H and O–H groups in total. The Balaban J connectivity index is 2.52. The van der Waals surface area contributed by atoms with Gasteiger partial charge in [0.2, 0.25) is 0 Å². The lowest BCUT2D eigenvalue weighted by Gasteiger charge is -2.09. The third-order valence-corrected chi connectivity index (χ3v) is 3.88. The van der Waals surface area contributed by atoms with Crippen molar-refractivity contribution < 1.29 is 18.0 Å². The average molecular weight is 305 g/mol. The van der Waals surface area contributed by atoms with E-state index in [-0.39, 0.29) is 11.1 Å². The van der Waals surface area contributed by atoms with Gasteiger partial charge in [0.1, 0.15) is 0 Å². The second-order valence-electron chi connectivity index (χ2n) is 3.94. The molecular weight excluding hydrogens is 297 g/mol. The molecule has 0 saturated carbocycles. The number of halogens is 4. The minimum Gasteiger partial charge on any atom is -0.289 e. The molecule has 0 unspecified atom stereocenters. The lowest BCUT2D eigenvalue weighted by molar-refractivity contribution is -0.137. The maximum atomic E-state index is 12.8. The third-order valence-electron chi connectivity index (χ3n) is 2.72. The zero-order valence-corrected chi connectivity index (χ0v) is 11.3. The molecule has 2 rings (SSSR count). The minimum absolute atomic E-state index is 0.191. The Morgan fingerprint density at radius 2 is 1.89 bits per heavy atom. The van der Waals surface area contributed by atoms with Crippen LogP contribution in [0.3, 0.4) is 0 Å². The van der Waals surface area contributed by atoms with Crippen molar-refractivity contribution in [1.29, 1.82) is 0 Å². The van der Waals surface area contributed by atoms with Gasteiger partial charge in [0.05, 0.1) is 5.56 Å². The number of benzene rings is 1. The maximum Gasteiger partial charge on any atom is 0.417 e. The first kappa shape index (κ1) is 14.1. The fourth-order valence-corrected chi connectivity index (χ4v) is 2.70. The van der Waals surface area contributed by atoms with E-state index in [0.717, 1.165) is 16.7 Å². The second-order valence-corrected chi connectivity index (χ2v) is 5.09. The van der Waals surface area contributed by atoms with Gasteiger partial charge in [-0.05, 0) is 18.6 Å². The van der Waals surface area contributed by atoms with Gasteiger partial charge in [0.15, 0.2) is 5.78 Å². The summed E-state index contributed by atoms with van der Waals surface area (Å²) in [4.78, 5) is 12.2. The summed E-state index contributed by atoms with van der Waals surface area (Å²) in [6.07, 6.45) is -4.53. The molecule has 0 saturated heterocycles. The summed E-state index contributed by atoms with van der Waals surface area (Å²) in [5, 5.41) is 2.51. The second kappa shape index (κ2) is 4.98. The molecule has 1 aromatic carbocycles. The molecule has 0 atom stereocenters. The van der Waals surface area contributed by atoms with E-state index in [4.69, 9.17) is 11.6 Å². The Labute approximate surface area is 116 Å². The Kier molecular flexibility index (Phi) is 3.69. The molecule has 1 nitrogen and oxygen atoms in total. The van der Waals surface area contributed by atoms with Crippen LogP contribution in [0.1, 0.15) is 27.0 Å². The van der Waals surface area contributed by atoms with Crippen LogP contribution >= 0.6 is 22.9 Å². The summed E-state index contributed by atoms with van der Waals surface area (Å²) in [5.41, 5.74) is -0.561. The molecule has 0 aliphatic heterocycles. The van der Waals surface area contributed by atoms with Gasteiger partial charge in [-0.3, -0.25) is 4.79 Å². The van der Waals surface area contributed by atoms with Crippen molar-refractivity contribution in [2.75, 3.05) is 0 Å². The molecule has 19 heavy (non-hydrogen) atoms. The van der Waals surface area contributed by atoms with E-state index < -0.39 is 17.5 Å². The highest BCUT2D eigenvalue weighted by Gasteiger charge is 2.36. The van der Waals surface area contributed by atoms with E-state index in [1.54, 1.807) is 19.1 Å². The molecule has 0 bridgehead atoms. The predicted molar refractivity (Wildman–Crippen MR) is 68.9 cm³/mol. The maximum absolute atomic E-state index is 12.8. The fraction of sp³-hybridized carbons (Fsp3) is 0.154. The van der Waals surface area contributed by atoms with Crippen molar-refractivity contribution in [2.45, 2.75) is 13.1 Å². The van der Waals surface area contributed by atoms with Gasteiger partial charge in [0, 0.05) is 26.9 Å². The third kappa shape index (κ3) is 2.67. The number of hydrogen-bond donors (Lipinski definition) is 0. The molecule has 0 amide bonds. The Morgan fingerprint density at radius 1 is 1.21 bits per heavy atom. The summed E-state index contributed by atoms with van der Waals surface area (Å²) in [6.45, 7) is 1.61. The summed E-state index contributed by atoms with van der Waals surface area (Å²) in [6, 6.07) is 4.61. The quantitative estimate of drug-likeness (QED) is 0.717. The number of thiophene rings is 1.